The third-order valence-corrected chi connectivity index (χ3v) is 5.22. The number of hydrogen-bond donors (Lipinski definition) is 2. The number of fused-ring (bicyclic) bond motifs is 1. The molecule has 1 heterocycles. The molecular weight excluding hydrogens is 364 g/mol. The van der Waals surface area contributed by atoms with Crippen molar-refractivity contribution in [2.75, 3.05) is 25.1 Å². The van der Waals surface area contributed by atoms with Crippen molar-refractivity contribution in [3.63, 3.8) is 0 Å². The van der Waals surface area contributed by atoms with Crippen molar-refractivity contribution < 1.29 is 14.6 Å². The van der Waals surface area contributed by atoms with Crippen molar-refractivity contribution in [3.8, 4) is 11.5 Å². The van der Waals surface area contributed by atoms with E-state index < -0.39 is 0 Å². The Bertz CT molecular complexity index is 933. The van der Waals surface area contributed by atoms with Crippen LogP contribution in [0.4, 0.5) is 5.69 Å². The maximum Gasteiger partial charge on any atom is 0.244 e. The normalized spacial score (nSPS) is 16.2. The molecule has 3 rings (SSSR count). The summed E-state index contributed by atoms with van der Waals surface area (Å²) in [6, 6.07) is 13.5. The minimum atomic E-state index is -0.168. The zero-order chi connectivity index (χ0) is 20.8. The van der Waals surface area contributed by atoms with Gasteiger partial charge in [0.25, 0.3) is 0 Å². The second-order valence-corrected chi connectivity index (χ2v) is 7.25. The number of ether oxygens (including phenoxy) is 1. The van der Waals surface area contributed by atoms with Gasteiger partial charge in [-0.25, -0.2) is 0 Å². The Hall–Kier alpha value is -3.21. The Balaban J connectivity index is 1.59. The van der Waals surface area contributed by atoms with Gasteiger partial charge >= 0.3 is 0 Å². The van der Waals surface area contributed by atoms with Crippen LogP contribution in [0.2, 0.25) is 0 Å². The van der Waals surface area contributed by atoms with Crippen LogP contribution in [0.5, 0.6) is 11.5 Å². The van der Waals surface area contributed by atoms with Gasteiger partial charge in [-0.15, -0.1) is 0 Å². The molecule has 2 aromatic carbocycles. The molecule has 0 aromatic heterocycles. The first-order chi connectivity index (χ1) is 14.0. The first-order valence-corrected chi connectivity index (χ1v) is 9.85. The third kappa shape index (κ3) is 4.99. The fourth-order valence-corrected chi connectivity index (χ4v) is 3.55. The molecule has 0 saturated heterocycles. The number of para-hydroxylation sites is 1. The maximum atomic E-state index is 12.2. The molecule has 1 aliphatic rings. The predicted octanol–water partition coefficient (Wildman–Crippen LogP) is 4.45. The van der Waals surface area contributed by atoms with E-state index in [4.69, 9.17) is 4.74 Å². The number of carbonyl (C=O) groups is 1. The standard InChI is InChI=1S/C24H28N2O3/c1-17-8-9-18(2)26(21-7-5-4-6-20(17)21)15-14-25-24(28)13-11-19-10-12-23(29-3)22(27)16-19/h4-7,9-13,16-17,27H,8,14-15H2,1-3H3,(H,25,28). The lowest BCUT2D eigenvalue weighted by molar-refractivity contribution is -0.116. The number of nitrogens with one attached hydrogen (secondary N) is 1. The monoisotopic (exact) mass is 392 g/mol. The van der Waals surface area contributed by atoms with Crippen LogP contribution < -0.4 is 15.0 Å². The van der Waals surface area contributed by atoms with E-state index in [0.29, 0.717) is 24.8 Å². The molecule has 1 atom stereocenters. The maximum absolute atomic E-state index is 12.2. The van der Waals surface area contributed by atoms with E-state index in [-0.39, 0.29) is 11.7 Å². The third-order valence-electron chi connectivity index (χ3n) is 5.22. The number of nitrogens with zero attached hydrogens (tertiary/aromatic N) is 1. The summed E-state index contributed by atoms with van der Waals surface area (Å²) in [5, 5.41) is 12.8. The largest absolute Gasteiger partial charge is 0.504 e. The molecular formula is C24H28N2O3. The molecule has 152 valence electrons. The van der Waals surface area contributed by atoms with Gasteiger partial charge in [-0.05, 0) is 54.7 Å². The summed E-state index contributed by atoms with van der Waals surface area (Å²) < 4.78 is 5.02. The first-order valence-electron chi connectivity index (χ1n) is 9.85. The molecule has 0 saturated carbocycles. The Morgan fingerprint density at radius 2 is 2.10 bits per heavy atom. The Morgan fingerprint density at radius 1 is 1.31 bits per heavy atom. The van der Waals surface area contributed by atoms with E-state index in [0.717, 1.165) is 12.0 Å². The quantitative estimate of drug-likeness (QED) is 0.713. The molecule has 5 heteroatoms. The molecule has 1 unspecified atom stereocenters. The lowest BCUT2D eigenvalue weighted by Crippen LogP contribution is -2.33. The molecule has 0 radical (unpaired) electrons. The number of phenolic OH excluding ortho intramolecular Hbond substituents is 1. The molecule has 0 fully saturated rings. The van der Waals surface area contributed by atoms with Gasteiger partial charge in [-0.1, -0.05) is 37.3 Å². The fourth-order valence-electron chi connectivity index (χ4n) is 3.55. The molecule has 2 N–H and O–H groups in total. The van der Waals surface area contributed by atoms with Crippen molar-refractivity contribution in [2.24, 2.45) is 0 Å². The van der Waals surface area contributed by atoms with Crippen molar-refractivity contribution in [1.82, 2.24) is 5.32 Å². The summed E-state index contributed by atoms with van der Waals surface area (Å²) in [4.78, 5) is 14.5. The molecule has 2 aromatic rings. The Kier molecular flexibility index (Phi) is 6.60. The lowest BCUT2D eigenvalue weighted by Gasteiger charge is -2.27. The molecule has 1 amide bonds. The first kappa shape index (κ1) is 20.5. The molecule has 0 spiro atoms. The SMILES string of the molecule is COc1ccc(C=CC(=O)NCCN2C(C)=CCC(C)c3ccccc32)cc1O. The average Bonchev–Trinajstić information content (AvgIpc) is 2.84. The van der Waals surface area contributed by atoms with Gasteiger partial charge in [0.2, 0.25) is 5.91 Å². The van der Waals surface area contributed by atoms with E-state index in [1.165, 1.54) is 30.1 Å². The van der Waals surface area contributed by atoms with Gasteiger partial charge in [-0.2, -0.15) is 0 Å². The number of allylic oxidation sites excluding steroid dienone is 2. The van der Waals surface area contributed by atoms with Crippen molar-refractivity contribution in [2.45, 2.75) is 26.2 Å². The number of rotatable bonds is 6. The van der Waals surface area contributed by atoms with Crippen LogP contribution in [-0.2, 0) is 4.79 Å². The number of amides is 1. The van der Waals surface area contributed by atoms with Crippen molar-refractivity contribution in [1.29, 1.82) is 0 Å². The highest BCUT2D eigenvalue weighted by atomic mass is 16.5. The van der Waals surface area contributed by atoms with Crippen LogP contribution in [0, 0.1) is 0 Å². The summed E-state index contributed by atoms with van der Waals surface area (Å²) in [5.41, 5.74) is 4.49. The van der Waals surface area contributed by atoms with E-state index in [1.807, 2.05) is 0 Å². The van der Waals surface area contributed by atoms with Crippen LogP contribution in [0.15, 0.2) is 60.3 Å². The van der Waals surface area contributed by atoms with E-state index in [1.54, 1.807) is 24.3 Å². The van der Waals surface area contributed by atoms with E-state index >= 15 is 0 Å². The highest BCUT2D eigenvalue weighted by Gasteiger charge is 2.19. The fraction of sp³-hybridized carbons (Fsp3) is 0.292. The Labute approximate surface area is 172 Å². The summed E-state index contributed by atoms with van der Waals surface area (Å²) in [7, 11) is 1.50. The molecule has 0 aliphatic carbocycles. The zero-order valence-electron chi connectivity index (χ0n) is 17.2. The predicted molar refractivity (Wildman–Crippen MR) is 117 cm³/mol. The number of phenols is 1. The van der Waals surface area contributed by atoms with Crippen LogP contribution in [0.3, 0.4) is 0 Å². The van der Waals surface area contributed by atoms with Crippen LogP contribution in [-0.4, -0.2) is 31.2 Å². The number of aromatic hydroxyl groups is 1. The highest BCUT2D eigenvalue weighted by Crippen LogP contribution is 2.35. The number of hydrogen-bond acceptors (Lipinski definition) is 4. The van der Waals surface area contributed by atoms with Gasteiger partial charge in [0.05, 0.1) is 7.11 Å². The average molecular weight is 392 g/mol. The molecule has 5 nitrogen and oxygen atoms in total. The van der Waals surface area contributed by atoms with Crippen molar-refractivity contribution >= 4 is 17.7 Å². The van der Waals surface area contributed by atoms with E-state index in [9.17, 15) is 9.90 Å². The molecule has 0 bridgehead atoms. The Morgan fingerprint density at radius 3 is 2.86 bits per heavy atom. The summed E-state index contributed by atoms with van der Waals surface area (Å²) in [6.07, 6.45) is 6.43. The lowest BCUT2D eigenvalue weighted by atomic mass is 9.97. The minimum absolute atomic E-state index is 0.0476. The van der Waals surface area contributed by atoms with Gasteiger partial charge in [0.1, 0.15) is 0 Å². The van der Waals surface area contributed by atoms with Crippen molar-refractivity contribution in [3.05, 3.63) is 71.4 Å². The number of carbonyl (C=O) groups excluding carboxylic acids is 1. The molecule has 29 heavy (non-hydrogen) atoms. The topological polar surface area (TPSA) is 61.8 Å². The summed E-state index contributed by atoms with van der Waals surface area (Å²) >= 11 is 0. The zero-order valence-corrected chi connectivity index (χ0v) is 17.2. The number of methoxy groups -OCH3 is 1. The smallest absolute Gasteiger partial charge is 0.244 e. The van der Waals surface area contributed by atoms with Crippen LogP contribution >= 0.6 is 0 Å². The van der Waals surface area contributed by atoms with E-state index in [2.05, 4.69) is 54.4 Å². The number of anilines is 1. The van der Waals surface area contributed by atoms with Crippen LogP contribution in [0.1, 0.15) is 37.3 Å². The van der Waals surface area contributed by atoms with Gasteiger partial charge in [-0.3, -0.25) is 4.79 Å². The summed E-state index contributed by atoms with van der Waals surface area (Å²) in [5.74, 6) is 0.761. The number of benzene rings is 2. The van der Waals surface area contributed by atoms with Crippen LogP contribution in [0.25, 0.3) is 6.08 Å². The second kappa shape index (κ2) is 9.32. The van der Waals surface area contributed by atoms with Gasteiger partial charge in [0.15, 0.2) is 11.5 Å². The summed E-state index contributed by atoms with van der Waals surface area (Å²) in [6.45, 7) is 5.60. The second-order valence-electron chi connectivity index (χ2n) is 7.25. The molecule has 1 aliphatic heterocycles. The minimum Gasteiger partial charge on any atom is -0.504 e. The highest BCUT2D eigenvalue weighted by molar-refractivity contribution is 5.91. The van der Waals surface area contributed by atoms with Gasteiger partial charge < -0.3 is 20.1 Å². The van der Waals surface area contributed by atoms with Gasteiger partial charge in [0, 0.05) is 30.5 Å².